The Balaban J connectivity index is 2.28. The van der Waals surface area contributed by atoms with Crippen molar-refractivity contribution < 1.29 is 14.1 Å². The first-order valence-corrected chi connectivity index (χ1v) is 4.65. The molecule has 0 saturated heterocycles. The van der Waals surface area contributed by atoms with Crippen molar-refractivity contribution in [2.75, 3.05) is 0 Å². The number of halogens is 1. The fourth-order valence-electron chi connectivity index (χ4n) is 0.756. The second-order valence-corrected chi connectivity index (χ2v) is 3.42. The Bertz CT molecular complexity index is 337. The molecule has 0 bridgehead atoms. The average Bonchev–Trinajstić information content (AvgIpc) is 2.66. The van der Waals surface area contributed by atoms with Crippen LogP contribution < -0.4 is 10.6 Å². The number of carbonyl (C=O) groups is 2. The summed E-state index contributed by atoms with van der Waals surface area (Å²) in [4.78, 5) is 22.1. The van der Waals surface area contributed by atoms with Crippen LogP contribution in [-0.4, -0.2) is 22.5 Å². The van der Waals surface area contributed by atoms with E-state index >= 15 is 0 Å². The molecule has 3 amide bonds. The average molecular weight is 232 g/mol. The van der Waals surface area contributed by atoms with E-state index in [2.05, 4.69) is 15.8 Å². The van der Waals surface area contributed by atoms with Gasteiger partial charge in [-0.2, -0.15) is 0 Å². The first-order valence-electron chi connectivity index (χ1n) is 4.22. The van der Waals surface area contributed by atoms with E-state index in [-0.39, 0.29) is 6.54 Å². The van der Waals surface area contributed by atoms with Crippen LogP contribution in [0.5, 0.6) is 0 Å². The van der Waals surface area contributed by atoms with Crippen molar-refractivity contribution in [1.82, 2.24) is 15.8 Å². The number of hydrogen-bond acceptors (Lipinski definition) is 4. The van der Waals surface area contributed by atoms with Gasteiger partial charge in [0.05, 0.1) is 12.7 Å². The van der Waals surface area contributed by atoms with Gasteiger partial charge in [0.2, 0.25) is 5.91 Å². The molecule has 6 nitrogen and oxygen atoms in total. The molecule has 0 aliphatic heterocycles. The molecule has 1 unspecified atom stereocenters. The van der Waals surface area contributed by atoms with Gasteiger partial charge in [0.1, 0.15) is 5.38 Å². The summed E-state index contributed by atoms with van der Waals surface area (Å²) in [6.07, 6.45) is 1.46. The van der Waals surface area contributed by atoms with Crippen molar-refractivity contribution in [3.05, 3.63) is 18.0 Å². The van der Waals surface area contributed by atoms with Gasteiger partial charge in [-0.1, -0.05) is 5.16 Å². The van der Waals surface area contributed by atoms with Gasteiger partial charge in [0.25, 0.3) is 0 Å². The topological polar surface area (TPSA) is 84.2 Å². The highest BCUT2D eigenvalue weighted by Crippen LogP contribution is 1.95. The van der Waals surface area contributed by atoms with E-state index in [4.69, 9.17) is 16.1 Å². The van der Waals surface area contributed by atoms with Crippen LogP contribution >= 0.6 is 11.6 Å². The summed E-state index contributed by atoms with van der Waals surface area (Å²) < 4.78 is 4.73. The molecule has 15 heavy (non-hydrogen) atoms. The smallest absolute Gasteiger partial charge is 0.321 e. The van der Waals surface area contributed by atoms with Gasteiger partial charge >= 0.3 is 6.03 Å². The highest BCUT2D eigenvalue weighted by atomic mass is 35.5. The minimum absolute atomic E-state index is 0.162. The van der Waals surface area contributed by atoms with E-state index in [9.17, 15) is 9.59 Å². The second kappa shape index (κ2) is 5.35. The van der Waals surface area contributed by atoms with Crippen molar-refractivity contribution >= 4 is 23.5 Å². The third-order valence-electron chi connectivity index (χ3n) is 1.51. The lowest BCUT2D eigenvalue weighted by Crippen LogP contribution is -2.41. The van der Waals surface area contributed by atoms with Crippen molar-refractivity contribution in [3.8, 4) is 0 Å². The number of nitrogens with one attached hydrogen (secondary N) is 2. The largest absolute Gasteiger partial charge is 0.360 e. The summed E-state index contributed by atoms with van der Waals surface area (Å²) in [5.41, 5.74) is 0. The first kappa shape index (κ1) is 11.5. The Labute approximate surface area is 90.9 Å². The Morgan fingerprint density at radius 2 is 2.40 bits per heavy atom. The Kier molecular flexibility index (Phi) is 4.11. The van der Waals surface area contributed by atoms with Crippen LogP contribution in [-0.2, 0) is 11.3 Å². The predicted octanol–water partition coefficient (Wildman–Crippen LogP) is 0.628. The summed E-state index contributed by atoms with van der Waals surface area (Å²) in [6.45, 7) is 1.64. The molecule has 1 rings (SSSR count). The maximum Gasteiger partial charge on any atom is 0.321 e. The second-order valence-electron chi connectivity index (χ2n) is 2.77. The third-order valence-corrected chi connectivity index (χ3v) is 1.71. The van der Waals surface area contributed by atoms with E-state index in [1.54, 1.807) is 6.07 Å². The zero-order valence-corrected chi connectivity index (χ0v) is 8.75. The molecule has 0 aliphatic rings. The molecule has 1 atom stereocenters. The Morgan fingerprint density at radius 3 is 2.93 bits per heavy atom. The number of carbonyl (C=O) groups excluding carboxylic acids is 2. The van der Waals surface area contributed by atoms with Gasteiger partial charge in [-0.05, 0) is 6.92 Å². The Morgan fingerprint density at radius 1 is 1.67 bits per heavy atom. The third kappa shape index (κ3) is 3.99. The summed E-state index contributed by atoms with van der Waals surface area (Å²) in [7, 11) is 0. The molecular formula is C8H10ClN3O3. The minimum Gasteiger partial charge on any atom is -0.360 e. The maximum atomic E-state index is 11.1. The molecule has 1 aromatic heterocycles. The van der Waals surface area contributed by atoms with Crippen LogP contribution in [0.4, 0.5) is 4.79 Å². The normalized spacial score (nSPS) is 11.9. The van der Waals surface area contributed by atoms with Gasteiger partial charge in [-0.3, -0.25) is 10.1 Å². The monoisotopic (exact) mass is 231 g/mol. The lowest BCUT2D eigenvalue weighted by molar-refractivity contribution is -0.119. The molecule has 0 aliphatic carbocycles. The number of nitrogens with zero attached hydrogens (tertiary/aromatic N) is 1. The maximum absolute atomic E-state index is 11.1. The van der Waals surface area contributed by atoms with Gasteiger partial charge in [0, 0.05) is 6.07 Å². The van der Waals surface area contributed by atoms with E-state index in [1.807, 2.05) is 0 Å². The fourth-order valence-corrected chi connectivity index (χ4v) is 0.811. The molecule has 7 heteroatoms. The van der Waals surface area contributed by atoms with Gasteiger partial charge < -0.3 is 9.84 Å². The molecule has 0 fully saturated rings. The number of amides is 3. The molecule has 0 saturated carbocycles. The fraction of sp³-hybridized carbons (Fsp3) is 0.375. The van der Waals surface area contributed by atoms with Crippen LogP contribution in [0.3, 0.4) is 0 Å². The zero-order valence-electron chi connectivity index (χ0n) is 7.99. The lowest BCUT2D eigenvalue weighted by atomic mass is 10.4. The molecule has 1 aromatic rings. The van der Waals surface area contributed by atoms with Gasteiger partial charge in [-0.25, -0.2) is 4.79 Å². The number of imide groups is 1. The van der Waals surface area contributed by atoms with Crippen molar-refractivity contribution in [2.45, 2.75) is 18.8 Å². The quantitative estimate of drug-likeness (QED) is 0.748. The highest BCUT2D eigenvalue weighted by Gasteiger charge is 2.12. The van der Waals surface area contributed by atoms with E-state index in [1.165, 1.54) is 13.1 Å². The zero-order chi connectivity index (χ0) is 11.3. The first-order chi connectivity index (χ1) is 7.09. The molecule has 0 aromatic carbocycles. The Hall–Kier alpha value is -1.56. The molecule has 0 spiro atoms. The van der Waals surface area contributed by atoms with E-state index in [0.717, 1.165) is 0 Å². The van der Waals surface area contributed by atoms with Crippen LogP contribution in [0.2, 0.25) is 0 Å². The summed E-state index contributed by atoms with van der Waals surface area (Å²) >= 11 is 5.45. The van der Waals surface area contributed by atoms with Crippen molar-refractivity contribution in [3.63, 3.8) is 0 Å². The molecule has 82 valence electrons. The SMILES string of the molecule is CC(Cl)C(=O)NC(=O)NCc1ccno1. The molecule has 0 radical (unpaired) electrons. The number of aromatic nitrogens is 1. The van der Waals surface area contributed by atoms with E-state index in [0.29, 0.717) is 5.76 Å². The summed E-state index contributed by atoms with van der Waals surface area (Å²) in [5.74, 6) is -0.0525. The van der Waals surface area contributed by atoms with Crippen molar-refractivity contribution in [2.24, 2.45) is 0 Å². The molecule has 1 heterocycles. The van der Waals surface area contributed by atoms with Gasteiger partial charge in [-0.15, -0.1) is 11.6 Å². The number of hydrogen-bond donors (Lipinski definition) is 2. The number of urea groups is 1. The number of rotatable bonds is 3. The number of alkyl halides is 1. The van der Waals surface area contributed by atoms with Crippen LogP contribution in [0.25, 0.3) is 0 Å². The standard InChI is InChI=1S/C8H10ClN3O3/c1-5(9)7(13)12-8(14)10-4-6-2-3-11-15-6/h2-3,5H,4H2,1H3,(H2,10,12,13,14). The minimum atomic E-state index is -0.749. The van der Waals surface area contributed by atoms with Crippen LogP contribution in [0.15, 0.2) is 16.8 Å². The van der Waals surface area contributed by atoms with Gasteiger partial charge in [0.15, 0.2) is 5.76 Å². The van der Waals surface area contributed by atoms with Crippen LogP contribution in [0, 0.1) is 0 Å². The highest BCUT2D eigenvalue weighted by molar-refractivity contribution is 6.31. The van der Waals surface area contributed by atoms with E-state index < -0.39 is 17.3 Å². The summed E-state index contributed by atoms with van der Waals surface area (Å²) in [6, 6.07) is 0.982. The van der Waals surface area contributed by atoms with Crippen molar-refractivity contribution in [1.29, 1.82) is 0 Å². The van der Waals surface area contributed by atoms with Crippen LogP contribution in [0.1, 0.15) is 12.7 Å². The molecule has 2 N–H and O–H groups in total. The lowest BCUT2D eigenvalue weighted by Gasteiger charge is -2.05. The molecular weight excluding hydrogens is 222 g/mol. The predicted molar refractivity (Wildman–Crippen MR) is 52.2 cm³/mol. The summed E-state index contributed by atoms with van der Waals surface area (Å²) in [5, 5.41) is 7.17.